The smallest absolute Gasteiger partial charge is 0.306 e. The van der Waals surface area contributed by atoms with Gasteiger partial charge >= 0.3 is 5.97 Å². The lowest BCUT2D eigenvalue weighted by Crippen LogP contribution is -2.46. The first kappa shape index (κ1) is 64.5. The molecule has 0 aliphatic heterocycles. The molecule has 0 fully saturated rings. The van der Waals surface area contributed by atoms with Gasteiger partial charge in [0.25, 0.3) is 0 Å². The van der Waals surface area contributed by atoms with Crippen LogP contribution < -0.4 is 5.32 Å². The fraction of sp³-hybridized carbons (Fsp3) is 0.677. The molecule has 0 aromatic heterocycles. The Morgan fingerprint density at radius 1 is 0.471 bits per heavy atom. The fourth-order valence-electron chi connectivity index (χ4n) is 7.96. The quantitative estimate of drug-likeness (QED) is 0.0244. The molecule has 3 atom stereocenters. The average Bonchev–Trinajstić information content (AvgIpc) is 3.33. The lowest BCUT2D eigenvalue weighted by molar-refractivity contribution is -0.148. The summed E-state index contributed by atoms with van der Waals surface area (Å²) in [6, 6.07) is -0.753. The Morgan fingerprint density at radius 3 is 1.35 bits per heavy atom. The van der Waals surface area contributed by atoms with Crippen molar-refractivity contribution >= 4 is 11.9 Å². The summed E-state index contributed by atoms with van der Waals surface area (Å²) in [4.78, 5) is 26.2. The summed E-state index contributed by atoms with van der Waals surface area (Å²) in [7, 11) is 0. The number of rotatable bonds is 49. The molecule has 0 saturated heterocycles. The van der Waals surface area contributed by atoms with E-state index < -0.39 is 18.2 Å². The van der Waals surface area contributed by atoms with E-state index in [0.29, 0.717) is 19.3 Å². The standard InChI is InChI=1S/C62H105NO5/c1-4-7-10-13-16-19-22-25-28-30-33-35-38-41-44-47-50-53-58(68-62(67)55-52-49-46-43-40-37-32-27-24-21-18-15-12-9-6-3)56-61(66)63-59(57-64)60(65)54-51-48-45-42-39-36-34-31-29-26-23-20-17-14-11-8-5-2/h7,9-10,12,15-16,18-19,21,24-25,28,33,35,41,44,50,53,58-60,64-65H,4-6,8,11,13-14,17,20,22-23,26-27,29-32,34,36-40,42-43,45-49,51-52,54-57H2,1-3H3,(H,63,66)/b10-7-,12-9+,18-15+,19-16-,24-21+,28-25-,35-33-,44-41-,53-50-. The second-order valence-corrected chi connectivity index (χ2v) is 18.6. The minimum Gasteiger partial charge on any atom is -0.458 e. The molecule has 0 aliphatic rings. The van der Waals surface area contributed by atoms with E-state index >= 15 is 0 Å². The summed E-state index contributed by atoms with van der Waals surface area (Å²) < 4.78 is 5.84. The van der Waals surface area contributed by atoms with Crippen molar-refractivity contribution in [1.82, 2.24) is 5.32 Å². The highest BCUT2D eigenvalue weighted by Crippen LogP contribution is 2.16. The summed E-state index contributed by atoms with van der Waals surface area (Å²) >= 11 is 0. The molecule has 0 heterocycles. The van der Waals surface area contributed by atoms with E-state index in [4.69, 9.17) is 4.74 Å². The summed E-state index contributed by atoms with van der Waals surface area (Å²) in [5, 5.41) is 23.8. The van der Waals surface area contributed by atoms with Gasteiger partial charge in [0.05, 0.1) is 25.2 Å². The van der Waals surface area contributed by atoms with E-state index in [-0.39, 0.29) is 24.9 Å². The molecule has 0 aromatic carbocycles. The van der Waals surface area contributed by atoms with Crippen molar-refractivity contribution in [2.24, 2.45) is 0 Å². The van der Waals surface area contributed by atoms with Crippen LogP contribution in [0.25, 0.3) is 0 Å². The van der Waals surface area contributed by atoms with Crippen LogP contribution in [0.2, 0.25) is 0 Å². The molecule has 68 heavy (non-hydrogen) atoms. The molecule has 0 bridgehead atoms. The monoisotopic (exact) mass is 944 g/mol. The molecule has 0 aliphatic carbocycles. The molecule has 388 valence electrons. The number of carbonyl (C=O) groups excluding carboxylic acids is 2. The molecule has 0 saturated carbocycles. The Bertz CT molecular complexity index is 1380. The predicted molar refractivity (Wildman–Crippen MR) is 296 cm³/mol. The van der Waals surface area contributed by atoms with Crippen molar-refractivity contribution in [1.29, 1.82) is 0 Å². The number of aliphatic hydroxyl groups is 2. The van der Waals surface area contributed by atoms with E-state index in [2.05, 4.69) is 123 Å². The van der Waals surface area contributed by atoms with Crippen molar-refractivity contribution in [3.8, 4) is 0 Å². The zero-order chi connectivity index (χ0) is 49.5. The molecule has 6 heteroatoms. The maximum atomic E-state index is 13.2. The number of hydrogen-bond donors (Lipinski definition) is 3. The third kappa shape index (κ3) is 49.0. The second kappa shape index (κ2) is 54.5. The molecule has 0 aromatic rings. The van der Waals surface area contributed by atoms with Crippen molar-refractivity contribution in [3.05, 3.63) is 109 Å². The maximum absolute atomic E-state index is 13.2. The van der Waals surface area contributed by atoms with Crippen LogP contribution in [-0.4, -0.2) is 46.9 Å². The Morgan fingerprint density at radius 2 is 0.882 bits per heavy atom. The summed E-state index contributed by atoms with van der Waals surface area (Å²) in [6.45, 7) is 6.21. The highest BCUT2D eigenvalue weighted by Gasteiger charge is 2.23. The highest BCUT2D eigenvalue weighted by molar-refractivity contribution is 5.78. The lowest BCUT2D eigenvalue weighted by atomic mass is 10.0. The first-order valence-electron chi connectivity index (χ1n) is 28.2. The topological polar surface area (TPSA) is 95.9 Å². The Labute approximate surface area is 419 Å². The number of amides is 1. The maximum Gasteiger partial charge on any atom is 0.306 e. The number of ether oxygens (including phenoxy) is 1. The van der Waals surface area contributed by atoms with Crippen LogP contribution >= 0.6 is 0 Å². The first-order valence-corrected chi connectivity index (χ1v) is 28.2. The van der Waals surface area contributed by atoms with Gasteiger partial charge in [-0.15, -0.1) is 0 Å². The van der Waals surface area contributed by atoms with Crippen LogP contribution in [-0.2, 0) is 14.3 Å². The number of aliphatic hydroxyl groups excluding tert-OH is 2. The normalized spacial score (nSPS) is 14.0. The zero-order valence-corrected chi connectivity index (χ0v) is 44.2. The van der Waals surface area contributed by atoms with E-state index in [0.717, 1.165) is 83.5 Å². The number of unbranched alkanes of at least 4 members (excludes halogenated alkanes) is 23. The Hall–Kier alpha value is -3.48. The lowest BCUT2D eigenvalue weighted by Gasteiger charge is -2.23. The van der Waals surface area contributed by atoms with E-state index in [1.165, 1.54) is 116 Å². The summed E-state index contributed by atoms with van der Waals surface area (Å²) in [5.41, 5.74) is 0. The first-order chi connectivity index (χ1) is 33.5. The minimum atomic E-state index is -0.829. The molecule has 0 radical (unpaired) electrons. The molecule has 3 unspecified atom stereocenters. The van der Waals surface area contributed by atoms with E-state index in [1.807, 2.05) is 6.08 Å². The number of carbonyl (C=O) groups is 2. The van der Waals surface area contributed by atoms with Gasteiger partial charge in [-0.1, -0.05) is 265 Å². The van der Waals surface area contributed by atoms with E-state index in [1.54, 1.807) is 6.08 Å². The average molecular weight is 945 g/mol. The number of hydrogen-bond acceptors (Lipinski definition) is 5. The van der Waals surface area contributed by atoms with Crippen LogP contribution in [0.5, 0.6) is 0 Å². The van der Waals surface area contributed by atoms with Gasteiger partial charge in [0.1, 0.15) is 6.10 Å². The zero-order valence-electron chi connectivity index (χ0n) is 44.2. The van der Waals surface area contributed by atoms with Gasteiger partial charge in [0, 0.05) is 6.42 Å². The highest BCUT2D eigenvalue weighted by atomic mass is 16.5. The van der Waals surface area contributed by atoms with Gasteiger partial charge in [-0.2, -0.15) is 0 Å². The Kier molecular flexibility index (Phi) is 51.7. The van der Waals surface area contributed by atoms with Gasteiger partial charge < -0.3 is 20.3 Å². The largest absolute Gasteiger partial charge is 0.458 e. The predicted octanol–water partition coefficient (Wildman–Crippen LogP) is 17.5. The fourth-order valence-corrected chi connectivity index (χ4v) is 7.96. The van der Waals surface area contributed by atoms with Gasteiger partial charge in [-0.3, -0.25) is 9.59 Å². The van der Waals surface area contributed by atoms with Crippen LogP contribution in [0.3, 0.4) is 0 Å². The molecular weight excluding hydrogens is 839 g/mol. The number of nitrogens with one attached hydrogen (secondary N) is 1. The van der Waals surface area contributed by atoms with Gasteiger partial charge in [0.2, 0.25) is 5.91 Å². The molecule has 3 N–H and O–H groups in total. The van der Waals surface area contributed by atoms with Crippen LogP contribution in [0.4, 0.5) is 0 Å². The third-order valence-electron chi connectivity index (χ3n) is 12.2. The molecule has 6 nitrogen and oxygen atoms in total. The SMILES string of the molecule is CC/C=C\C/C=C\C/C=C\C/C=C\C/C=C\C/C=C\C(CC(=O)NC(CO)C(O)CCCCCCCCCCCCCCCCCCC)OC(=O)CCCCCCCCC/C=C/C=C/C=C/CC. The molecule has 1 amide bonds. The van der Waals surface area contributed by atoms with Gasteiger partial charge in [0.15, 0.2) is 0 Å². The van der Waals surface area contributed by atoms with Gasteiger partial charge in [-0.05, 0) is 76.7 Å². The number of esters is 1. The molecular formula is C62H105NO5. The van der Waals surface area contributed by atoms with E-state index in [9.17, 15) is 19.8 Å². The van der Waals surface area contributed by atoms with Crippen molar-refractivity contribution < 1.29 is 24.5 Å². The summed E-state index contributed by atoms with van der Waals surface area (Å²) in [5.74, 6) is -0.648. The van der Waals surface area contributed by atoms with Crippen LogP contribution in [0.1, 0.15) is 245 Å². The van der Waals surface area contributed by atoms with Gasteiger partial charge in [-0.25, -0.2) is 0 Å². The minimum absolute atomic E-state index is 0.0579. The van der Waals surface area contributed by atoms with Crippen LogP contribution in [0, 0.1) is 0 Å². The summed E-state index contributed by atoms with van der Waals surface area (Å²) in [6.07, 6.45) is 74.7. The van der Waals surface area contributed by atoms with Crippen molar-refractivity contribution in [2.45, 2.75) is 264 Å². The number of allylic oxidation sites excluding steroid dienone is 17. The van der Waals surface area contributed by atoms with Crippen LogP contribution in [0.15, 0.2) is 109 Å². The third-order valence-corrected chi connectivity index (χ3v) is 12.2. The van der Waals surface area contributed by atoms with Crippen molar-refractivity contribution in [2.75, 3.05) is 6.61 Å². The second-order valence-electron chi connectivity index (χ2n) is 18.6. The Balaban J connectivity index is 4.73. The van der Waals surface area contributed by atoms with Crippen molar-refractivity contribution in [3.63, 3.8) is 0 Å². The molecule has 0 spiro atoms. The molecule has 0 rings (SSSR count).